The summed E-state index contributed by atoms with van der Waals surface area (Å²) in [5.41, 5.74) is 2.71. The summed E-state index contributed by atoms with van der Waals surface area (Å²) in [7, 11) is 2.19. The summed E-state index contributed by atoms with van der Waals surface area (Å²) in [6.07, 6.45) is 3.15. The van der Waals surface area contributed by atoms with Crippen molar-refractivity contribution in [2.75, 3.05) is 20.1 Å². The maximum absolute atomic E-state index is 6.14. The summed E-state index contributed by atoms with van der Waals surface area (Å²) in [5, 5.41) is 3.47. The Morgan fingerprint density at radius 3 is 2.76 bits per heavy atom. The van der Waals surface area contributed by atoms with Gasteiger partial charge in [-0.05, 0) is 32.4 Å². The maximum Gasteiger partial charge on any atom is 0.0707 e. The molecule has 21 heavy (non-hydrogen) atoms. The lowest BCUT2D eigenvalue weighted by Crippen LogP contribution is -2.34. The fraction of sp³-hybridized carbons (Fsp3) is 0.667. The number of ether oxygens (including phenoxy) is 1. The molecule has 2 rings (SSSR count). The van der Waals surface area contributed by atoms with Crippen LogP contribution in [0.3, 0.4) is 0 Å². The summed E-state index contributed by atoms with van der Waals surface area (Å²) in [5.74, 6) is 0. The Morgan fingerprint density at radius 2 is 2.05 bits per heavy atom. The van der Waals surface area contributed by atoms with Gasteiger partial charge in [0, 0.05) is 25.7 Å². The zero-order chi connectivity index (χ0) is 15.2. The van der Waals surface area contributed by atoms with E-state index in [1.165, 1.54) is 24.0 Å². The quantitative estimate of drug-likeness (QED) is 0.835. The van der Waals surface area contributed by atoms with E-state index in [4.69, 9.17) is 4.74 Å². The molecule has 1 saturated heterocycles. The van der Waals surface area contributed by atoms with Crippen LogP contribution >= 0.6 is 0 Å². The lowest BCUT2D eigenvalue weighted by molar-refractivity contribution is 0.0259. The van der Waals surface area contributed by atoms with Gasteiger partial charge in [-0.1, -0.05) is 43.7 Å². The molecule has 1 aromatic carbocycles. The molecule has 0 bridgehead atoms. The van der Waals surface area contributed by atoms with Gasteiger partial charge in [0.05, 0.1) is 12.2 Å². The minimum absolute atomic E-state index is 0.388. The van der Waals surface area contributed by atoms with Crippen LogP contribution in [0.25, 0.3) is 0 Å². The smallest absolute Gasteiger partial charge is 0.0707 e. The largest absolute Gasteiger partial charge is 0.372 e. The van der Waals surface area contributed by atoms with Crippen molar-refractivity contribution in [1.82, 2.24) is 10.2 Å². The first-order valence-corrected chi connectivity index (χ1v) is 8.16. The van der Waals surface area contributed by atoms with Crippen LogP contribution in [0.15, 0.2) is 24.3 Å². The fourth-order valence-electron chi connectivity index (χ4n) is 2.97. The Hall–Kier alpha value is -0.900. The molecule has 1 fully saturated rings. The van der Waals surface area contributed by atoms with Gasteiger partial charge < -0.3 is 10.1 Å². The molecule has 0 saturated carbocycles. The number of hydrogen-bond donors (Lipinski definition) is 1. The van der Waals surface area contributed by atoms with Crippen molar-refractivity contribution in [3.05, 3.63) is 35.4 Å². The van der Waals surface area contributed by atoms with E-state index < -0.39 is 0 Å². The number of rotatable bonds is 7. The predicted molar refractivity (Wildman–Crippen MR) is 88.5 cm³/mol. The molecule has 0 radical (unpaired) electrons. The Bertz CT molecular complexity index is 433. The maximum atomic E-state index is 6.14. The van der Waals surface area contributed by atoms with E-state index in [1.54, 1.807) is 0 Å². The van der Waals surface area contributed by atoms with Gasteiger partial charge in [-0.15, -0.1) is 0 Å². The summed E-state index contributed by atoms with van der Waals surface area (Å²) < 4.78 is 6.14. The number of hydrogen-bond acceptors (Lipinski definition) is 3. The molecule has 3 heteroatoms. The summed E-state index contributed by atoms with van der Waals surface area (Å²) in [6, 6.07) is 9.29. The van der Waals surface area contributed by atoms with E-state index in [1.807, 2.05) is 0 Å². The molecule has 118 valence electrons. The normalized spacial score (nSPS) is 22.4. The number of nitrogens with one attached hydrogen (secondary N) is 1. The zero-order valence-electron chi connectivity index (χ0n) is 13.9. The van der Waals surface area contributed by atoms with Crippen LogP contribution in [-0.4, -0.2) is 43.3 Å². The second-order valence-electron chi connectivity index (χ2n) is 6.71. The molecule has 3 nitrogen and oxygen atoms in total. The summed E-state index contributed by atoms with van der Waals surface area (Å²) >= 11 is 0. The molecule has 0 spiro atoms. The highest BCUT2D eigenvalue weighted by Crippen LogP contribution is 2.20. The third-order valence-electron chi connectivity index (χ3n) is 4.00. The van der Waals surface area contributed by atoms with Gasteiger partial charge in [-0.3, -0.25) is 4.90 Å². The second-order valence-corrected chi connectivity index (χ2v) is 6.71. The Balaban J connectivity index is 1.72. The van der Waals surface area contributed by atoms with Crippen molar-refractivity contribution in [2.24, 2.45) is 0 Å². The molecule has 1 aliphatic rings. The van der Waals surface area contributed by atoms with E-state index in [0.717, 1.165) is 19.6 Å². The van der Waals surface area contributed by atoms with Gasteiger partial charge in [-0.2, -0.15) is 0 Å². The van der Waals surface area contributed by atoms with Crippen LogP contribution < -0.4 is 5.32 Å². The van der Waals surface area contributed by atoms with Gasteiger partial charge in [0.2, 0.25) is 0 Å². The van der Waals surface area contributed by atoms with E-state index in [9.17, 15) is 0 Å². The average molecular weight is 290 g/mol. The number of benzene rings is 1. The SMILES string of the molecule is Cc1cccc(CN(C)CC2CCC(CNC(C)C)O2)c1. The van der Waals surface area contributed by atoms with Gasteiger partial charge in [-0.25, -0.2) is 0 Å². The third kappa shape index (κ3) is 5.77. The first-order chi connectivity index (χ1) is 10.0. The van der Waals surface area contributed by atoms with Gasteiger partial charge in [0.25, 0.3) is 0 Å². The first kappa shape index (κ1) is 16.5. The van der Waals surface area contributed by atoms with Crippen molar-refractivity contribution in [1.29, 1.82) is 0 Å². The summed E-state index contributed by atoms with van der Waals surface area (Å²) in [4.78, 5) is 2.37. The van der Waals surface area contributed by atoms with Gasteiger partial charge >= 0.3 is 0 Å². The van der Waals surface area contributed by atoms with Crippen LogP contribution in [-0.2, 0) is 11.3 Å². The van der Waals surface area contributed by atoms with Crippen molar-refractivity contribution in [3.63, 3.8) is 0 Å². The van der Waals surface area contributed by atoms with Crippen LogP contribution in [0.4, 0.5) is 0 Å². The molecular formula is C18H30N2O. The fourth-order valence-corrected chi connectivity index (χ4v) is 2.97. The zero-order valence-corrected chi connectivity index (χ0v) is 13.9. The average Bonchev–Trinajstić information content (AvgIpc) is 2.83. The Kier molecular flexibility index (Phi) is 6.22. The highest BCUT2D eigenvalue weighted by molar-refractivity contribution is 5.22. The van der Waals surface area contributed by atoms with Crippen LogP contribution in [0, 0.1) is 6.92 Å². The topological polar surface area (TPSA) is 24.5 Å². The molecule has 1 aliphatic heterocycles. The van der Waals surface area contributed by atoms with Gasteiger partial charge in [0.1, 0.15) is 0 Å². The third-order valence-corrected chi connectivity index (χ3v) is 4.00. The highest BCUT2D eigenvalue weighted by Gasteiger charge is 2.25. The molecule has 1 heterocycles. The predicted octanol–water partition coefficient (Wildman–Crippen LogP) is 2.97. The van der Waals surface area contributed by atoms with Crippen LogP contribution in [0.5, 0.6) is 0 Å². The Morgan fingerprint density at radius 1 is 1.29 bits per heavy atom. The molecule has 2 unspecified atom stereocenters. The standard InChI is InChI=1S/C18H30N2O/c1-14(2)19-11-17-8-9-18(21-17)13-20(4)12-16-7-5-6-15(3)10-16/h5-7,10,14,17-19H,8-9,11-13H2,1-4H3. The van der Waals surface area contributed by atoms with Crippen molar-refractivity contribution < 1.29 is 4.74 Å². The molecule has 1 N–H and O–H groups in total. The van der Waals surface area contributed by atoms with E-state index in [0.29, 0.717) is 18.2 Å². The van der Waals surface area contributed by atoms with Crippen LogP contribution in [0.1, 0.15) is 37.8 Å². The molecule has 0 amide bonds. The lowest BCUT2D eigenvalue weighted by Gasteiger charge is -2.22. The highest BCUT2D eigenvalue weighted by atomic mass is 16.5. The van der Waals surface area contributed by atoms with Crippen molar-refractivity contribution in [2.45, 2.75) is 58.4 Å². The van der Waals surface area contributed by atoms with E-state index >= 15 is 0 Å². The van der Waals surface area contributed by atoms with Gasteiger partial charge in [0.15, 0.2) is 0 Å². The molecule has 1 aromatic rings. The Labute approximate surface area is 129 Å². The minimum atomic E-state index is 0.388. The molecule has 2 atom stereocenters. The first-order valence-electron chi connectivity index (χ1n) is 8.16. The minimum Gasteiger partial charge on any atom is -0.372 e. The molecule has 0 aromatic heterocycles. The lowest BCUT2D eigenvalue weighted by atomic mass is 10.1. The van der Waals surface area contributed by atoms with Crippen LogP contribution in [0.2, 0.25) is 0 Å². The number of nitrogens with zero attached hydrogens (tertiary/aromatic N) is 1. The molecule has 0 aliphatic carbocycles. The summed E-state index contributed by atoms with van der Waals surface area (Å²) in [6.45, 7) is 9.51. The monoisotopic (exact) mass is 290 g/mol. The second kappa shape index (κ2) is 7.92. The molecular weight excluding hydrogens is 260 g/mol. The van der Waals surface area contributed by atoms with Crippen molar-refractivity contribution in [3.8, 4) is 0 Å². The van der Waals surface area contributed by atoms with Crippen molar-refractivity contribution >= 4 is 0 Å². The van der Waals surface area contributed by atoms with E-state index in [2.05, 4.69) is 62.3 Å². The van der Waals surface area contributed by atoms with E-state index in [-0.39, 0.29) is 0 Å². The number of likely N-dealkylation sites (N-methyl/N-ethyl adjacent to an activating group) is 1. The number of aryl methyl sites for hydroxylation is 1.